The second-order valence-electron chi connectivity index (χ2n) is 5.96. The lowest BCUT2D eigenvalue weighted by molar-refractivity contribution is -0.115. The largest absolute Gasteiger partial charge is 0.335 e. The molecule has 120 valence electrons. The average molecular weight is 303 g/mol. The van der Waals surface area contributed by atoms with Crippen LogP contribution in [0.2, 0.25) is 0 Å². The van der Waals surface area contributed by atoms with Crippen molar-refractivity contribution in [2.45, 2.75) is 52.0 Å². The fourth-order valence-corrected chi connectivity index (χ4v) is 2.72. The SMILES string of the molecule is Cc1cccc(NC(=O)CNC(=O)NC2CCCCC2)c1C. The minimum Gasteiger partial charge on any atom is -0.335 e. The molecule has 22 heavy (non-hydrogen) atoms. The molecule has 1 fully saturated rings. The van der Waals surface area contributed by atoms with E-state index in [0.717, 1.165) is 42.5 Å². The standard InChI is InChI=1S/C17H25N3O2/c1-12-7-6-10-15(13(12)2)20-16(21)11-18-17(22)19-14-8-4-3-5-9-14/h6-7,10,14H,3-5,8-9,11H2,1-2H3,(H,20,21)(H2,18,19,22). The van der Waals surface area contributed by atoms with Gasteiger partial charge in [-0.05, 0) is 43.9 Å². The molecule has 5 heteroatoms. The summed E-state index contributed by atoms with van der Waals surface area (Å²) < 4.78 is 0. The Balaban J connectivity index is 1.75. The predicted molar refractivity (Wildman–Crippen MR) is 88.0 cm³/mol. The summed E-state index contributed by atoms with van der Waals surface area (Å²) in [4.78, 5) is 23.7. The van der Waals surface area contributed by atoms with Crippen LogP contribution in [0, 0.1) is 13.8 Å². The van der Waals surface area contributed by atoms with Crippen molar-refractivity contribution in [3.05, 3.63) is 29.3 Å². The molecular formula is C17H25N3O2. The van der Waals surface area contributed by atoms with Gasteiger partial charge in [0, 0.05) is 11.7 Å². The topological polar surface area (TPSA) is 70.2 Å². The Hall–Kier alpha value is -2.04. The summed E-state index contributed by atoms with van der Waals surface area (Å²) >= 11 is 0. The molecule has 0 aliphatic heterocycles. The van der Waals surface area contributed by atoms with Crippen LogP contribution in [0.25, 0.3) is 0 Å². The number of nitrogens with one attached hydrogen (secondary N) is 3. The third-order valence-electron chi connectivity index (χ3n) is 4.23. The van der Waals surface area contributed by atoms with Gasteiger partial charge in [-0.3, -0.25) is 4.79 Å². The van der Waals surface area contributed by atoms with Crippen molar-refractivity contribution >= 4 is 17.6 Å². The Labute approximate surface area is 131 Å². The van der Waals surface area contributed by atoms with Crippen LogP contribution in [0.4, 0.5) is 10.5 Å². The second kappa shape index (κ2) is 7.82. The van der Waals surface area contributed by atoms with Crippen LogP contribution in [0.1, 0.15) is 43.2 Å². The number of carbonyl (C=O) groups is 2. The number of rotatable bonds is 4. The molecule has 0 heterocycles. The molecule has 0 atom stereocenters. The van der Waals surface area contributed by atoms with E-state index in [2.05, 4.69) is 16.0 Å². The maximum atomic E-state index is 11.9. The van der Waals surface area contributed by atoms with Gasteiger partial charge in [0.15, 0.2) is 0 Å². The monoisotopic (exact) mass is 303 g/mol. The van der Waals surface area contributed by atoms with Gasteiger partial charge in [0.1, 0.15) is 0 Å². The van der Waals surface area contributed by atoms with Crippen molar-refractivity contribution in [3.63, 3.8) is 0 Å². The molecule has 1 aromatic rings. The number of amides is 3. The smallest absolute Gasteiger partial charge is 0.315 e. The fraction of sp³-hybridized carbons (Fsp3) is 0.529. The fourth-order valence-electron chi connectivity index (χ4n) is 2.72. The Morgan fingerprint density at radius 2 is 1.86 bits per heavy atom. The van der Waals surface area contributed by atoms with Gasteiger partial charge in [-0.25, -0.2) is 4.79 Å². The lowest BCUT2D eigenvalue weighted by Gasteiger charge is -2.22. The molecule has 5 nitrogen and oxygen atoms in total. The Morgan fingerprint density at radius 3 is 2.59 bits per heavy atom. The van der Waals surface area contributed by atoms with Gasteiger partial charge in [0.05, 0.1) is 6.54 Å². The summed E-state index contributed by atoms with van der Waals surface area (Å²) in [6.45, 7) is 3.95. The van der Waals surface area contributed by atoms with Gasteiger partial charge in [-0.1, -0.05) is 31.4 Å². The van der Waals surface area contributed by atoms with E-state index in [9.17, 15) is 9.59 Å². The van der Waals surface area contributed by atoms with E-state index < -0.39 is 0 Å². The zero-order valence-corrected chi connectivity index (χ0v) is 13.4. The summed E-state index contributed by atoms with van der Waals surface area (Å²) in [5, 5.41) is 8.38. The van der Waals surface area contributed by atoms with E-state index in [1.807, 2.05) is 32.0 Å². The van der Waals surface area contributed by atoms with Gasteiger partial charge in [-0.15, -0.1) is 0 Å². The molecule has 0 unspecified atom stereocenters. The number of carbonyl (C=O) groups excluding carboxylic acids is 2. The molecule has 0 bridgehead atoms. The number of anilines is 1. The van der Waals surface area contributed by atoms with E-state index >= 15 is 0 Å². The van der Waals surface area contributed by atoms with E-state index in [-0.39, 0.29) is 24.5 Å². The minimum absolute atomic E-state index is 0.0219. The molecule has 1 saturated carbocycles. The molecule has 0 aromatic heterocycles. The van der Waals surface area contributed by atoms with Crippen molar-refractivity contribution in [2.75, 3.05) is 11.9 Å². The molecule has 2 rings (SSSR count). The third-order valence-corrected chi connectivity index (χ3v) is 4.23. The molecule has 0 saturated heterocycles. The van der Waals surface area contributed by atoms with Crippen LogP contribution in [0.3, 0.4) is 0 Å². The van der Waals surface area contributed by atoms with E-state index in [1.54, 1.807) is 0 Å². The normalized spacial score (nSPS) is 15.2. The zero-order chi connectivity index (χ0) is 15.9. The van der Waals surface area contributed by atoms with Crippen LogP contribution in [-0.4, -0.2) is 24.5 Å². The van der Waals surface area contributed by atoms with Crippen molar-refractivity contribution in [2.24, 2.45) is 0 Å². The number of urea groups is 1. The van der Waals surface area contributed by atoms with Gasteiger partial charge in [-0.2, -0.15) is 0 Å². The number of benzene rings is 1. The van der Waals surface area contributed by atoms with Gasteiger partial charge < -0.3 is 16.0 Å². The lowest BCUT2D eigenvalue weighted by Crippen LogP contribution is -2.45. The average Bonchev–Trinajstić information content (AvgIpc) is 2.51. The molecule has 3 amide bonds. The third kappa shape index (κ3) is 4.76. The maximum absolute atomic E-state index is 11.9. The molecule has 1 aliphatic carbocycles. The van der Waals surface area contributed by atoms with Crippen LogP contribution in [0.15, 0.2) is 18.2 Å². The Bertz CT molecular complexity index is 537. The van der Waals surface area contributed by atoms with Crippen molar-refractivity contribution in [1.29, 1.82) is 0 Å². The first kappa shape index (κ1) is 16.3. The highest BCUT2D eigenvalue weighted by Gasteiger charge is 2.16. The van der Waals surface area contributed by atoms with Crippen LogP contribution >= 0.6 is 0 Å². The lowest BCUT2D eigenvalue weighted by atomic mass is 9.96. The summed E-state index contributed by atoms with van der Waals surface area (Å²) in [6, 6.07) is 5.75. The number of aryl methyl sites for hydroxylation is 1. The summed E-state index contributed by atoms with van der Waals surface area (Å²) in [5.41, 5.74) is 2.96. The molecule has 0 spiro atoms. The van der Waals surface area contributed by atoms with E-state index in [4.69, 9.17) is 0 Å². The zero-order valence-electron chi connectivity index (χ0n) is 13.4. The van der Waals surface area contributed by atoms with E-state index in [0.29, 0.717) is 0 Å². The highest BCUT2D eigenvalue weighted by Crippen LogP contribution is 2.18. The van der Waals surface area contributed by atoms with Gasteiger partial charge in [0.25, 0.3) is 0 Å². The summed E-state index contributed by atoms with van der Waals surface area (Å²) in [5.74, 6) is -0.215. The van der Waals surface area contributed by atoms with Crippen LogP contribution in [0.5, 0.6) is 0 Å². The van der Waals surface area contributed by atoms with E-state index in [1.165, 1.54) is 6.42 Å². The predicted octanol–water partition coefficient (Wildman–Crippen LogP) is 2.87. The number of hydrogen-bond acceptors (Lipinski definition) is 2. The first-order chi connectivity index (χ1) is 10.6. The highest BCUT2D eigenvalue weighted by molar-refractivity contribution is 5.95. The quantitative estimate of drug-likeness (QED) is 0.800. The molecular weight excluding hydrogens is 278 g/mol. The number of hydrogen-bond donors (Lipinski definition) is 3. The van der Waals surface area contributed by atoms with Crippen molar-refractivity contribution in [1.82, 2.24) is 10.6 Å². The second-order valence-corrected chi connectivity index (χ2v) is 5.96. The minimum atomic E-state index is -0.261. The van der Waals surface area contributed by atoms with Crippen LogP contribution in [-0.2, 0) is 4.79 Å². The highest BCUT2D eigenvalue weighted by atomic mass is 16.2. The molecule has 3 N–H and O–H groups in total. The van der Waals surface area contributed by atoms with Gasteiger partial charge >= 0.3 is 6.03 Å². The molecule has 0 radical (unpaired) electrons. The Morgan fingerprint density at radius 1 is 1.14 bits per heavy atom. The van der Waals surface area contributed by atoms with Gasteiger partial charge in [0.2, 0.25) is 5.91 Å². The van der Waals surface area contributed by atoms with Crippen molar-refractivity contribution < 1.29 is 9.59 Å². The molecule has 1 aliphatic rings. The maximum Gasteiger partial charge on any atom is 0.315 e. The first-order valence-electron chi connectivity index (χ1n) is 7.96. The molecule has 1 aromatic carbocycles. The summed E-state index contributed by atoms with van der Waals surface area (Å²) in [7, 11) is 0. The van der Waals surface area contributed by atoms with Crippen LogP contribution < -0.4 is 16.0 Å². The van der Waals surface area contributed by atoms with Crippen molar-refractivity contribution in [3.8, 4) is 0 Å². The first-order valence-corrected chi connectivity index (χ1v) is 7.96. The Kier molecular flexibility index (Phi) is 5.81. The summed E-state index contributed by atoms with van der Waals surface area (Å²) in [6.07, 6.45) is 5.64.